The molecular weight excluding hydrogens is 226 g/mol. The molecule has 1 aromatic carbocycles. The summed E-state index contributed by atoms with van der Waals surface area (Å²) in [6.07, 6.45) is -4.60. The minimum absolute atomic E-state index is 0.194. The summed E-state index contributed by atoms with van der Waals surface area (Å²) in [5, 5.41) is 0. The molecule has 0 saturated heterocycles. The van der Waals surface area contributed by atoms with E-state index in [-0.39, 0.29) is 5.75 Å². The molecule has 0 saturated carbocycles. The van der Waals surface area contributed by atoms with E-state index >= 15 is 0 Å². The Kier molecular flexibility index (Phi) is 5.58. The predicted molar refractivity (Wildman–Crippen MR) is 40.2 cm³/mol. The smallest absolute Gasteiger partial charge is 0.406 e. The molecule has 15 heavy (non-hydrogen) atoms. The highest BCUT2D eigenvalue weighted by Crippen LogP contribution is 2.21. The zero-order valence-corrected chi connectivity index (χ0v) is 7.14. The van der Waals surface area contributed by atoms with Crippen LogP contribution in [0.3, 0.4) is 0 Å². The van der Waals surface area contributed by atoms with Crippen LogP contribution in [0.15, 0.2) is 30.3 Å². The van der Waals surface area contributed by atoms with Crippen LogP contribution in [0.4, 0.5) is 26.3 Å². The van der Waals surface area contributed by atoms with Crippen LogP contribution in [0.1, 0.15) is 0 Å². The standard InChI is InChI=1S/C7H5F3O.CHF3/c8-7(9,10)11-6-4-2-1-3-5-6;2-1(3)4/h1-5H;1H. The summed E-state index contributed by atoms with van der Waals surface area (Å²) < 4.78 is 67.2. The molecule has 1 aromatic rings. The monoisotopic (exact) mass is 232 g/mol. The molecule has 0 atom stereocenters. The molecule has 0 aliphatic rings. The molecule has 0 heterocycles. The molecule has 1 rings (SSSR count). The average Bonchev–Trinajstić information content (AvgIpc) is 2.01. The zero-order chi connectivity index (χ0) is 11.9. The van der Waals surface area contributed by atoms with Crippen molar-refractivity contribution in [2.24, 2.45) is 0 Å². The Morgan fingerprint density at radius 2 is 1.33 bits per heavy atom. The molecule has 86 valence electrons. The summed E-state index contributed by atoms with van der Waals surface area (Å²) in [5.41, 5.74) is 0. The van der Waals surface area contributed by atoms with Crippen LogP contribution in [0.5, 0.6) is 5.75 Å². The quantitative estimate of drug-likeness (QED) is 0.670. The molecule has 0 amide bonds. The lowest BCUT2D eigenvalue weighted by Gasteiger charge is -2.07. The van der Waals surface area contributed by atoms with Crippen LogP contribution in [0, 0.1) is 0 Å². The van der Waals surface area contributed by atoms with Crippen LogP contribution < -0.4 is 4.74 Å². The molecule has 0 aliphatic carbocycles. The van der Waals surface area contributed by atoms with Gasteiger partial charge >= 0.3 is 13.0 Å². The SMILES string of the molecule is FC(F)(F)Oc1ccccc1.FC(F)F. The fourth-order valence-electron chi connectivity index (χ4n) is 0.622. The van der Waals surface area contributed by atoms with Gasteiger partial charge in [0.1, 0.15) is 5.75 Å². The number of rotatable bonds is 1. The highest BCUT2D eigenvalue weighted by atomic mass is 19.4. The van der Waals surface area contributed by atoms with E-state index in [0.29, 0.717) is 0 Å². The van der Waals surface area contributed by atoms with Crippen molar-refractivity contribution in [2.75, 3.05) is 0 Å². The first-order chi connectivity index (χ1) is 6.81. The number of halogens is 6. The van der Waals surface area contributed by atoms with E-state index < -0.39 is 13.0 Å². The van der Waals surface area contributed by atoms with Gasteiger partial charge in [-0.25, -0.2) is 0 Å². The van der Waals surface area contributed by atoms with Crippen LogP contribution >= 0.6 is 0 Å². The molecule has 0 aliphatic heterocycles. The first-order valence-electron chi connectivity index (χ1n) is 3.54. The first-order valence-corrected chi connectivity index (χ1v) is 3.54. The van der Waals surface area contributed by atoms with Crippen LogP contribution in [0.2, 0.25) is 0 Å². The summed E-state index contributed by atoms with van der Waals surface area (Å²) in [6.45, 7) is -3.67. The number of para-hydroxylation sites is 1. The molecule has 0 unspecified atom stereocenters. The number of alkyl halides is 6. The van der Waals surface area contributed by atoms with Gasteiger partial charge in [0.15, 0.2) is 0 Å². The van der Waals surface area contributed by atoms with E-state index in [1.54, 1.807) is 6.07 Å². The molecule has 0 fully saturated rings. The van der Waals surface area contributed by atoms with Crippen molar-refractivity contribution in [2.45, 2.75) is 13.0 Å². The van der Waals surface area contributed by atoms with Crippen molar-refractivity contribution in [1.29, 1.82) is 0 Å². The van der Waals surface area contributed by atoms with Crippen molar-refractivity contribution in [3.8, 4) is 5.75 Å². The van der Waals surface area contributed by atoms with Gasteiger partial charge in [-0.15, -0.1) is 13.2 Å². The highest BCUT2D eigenvalue weighted by molar-refractivity contribution is 5.20. The van der Waals surface area contributed by atoms with Crippen molar-refractivity contribution >= 4 is 0 Å². The second-order valence-corrected chi connectivity index (χ2v) is 2.11. The molecule has 0 radical (unpaired) electrons. The predicted octanol–water partition coefficient (Wildman–Crippen LogP) is 3.76. The maximum atomic E-state index is 11.5. The number of ether oxygens (including phenoxy) is 1. The summed E-state index contributed by atoms with van der Waals surface area (Å²) in [4.78, 5) is 0. The lowest BCUT2D eigenvalue weighted by molar-refractivity contribution is -0.274. The summed E-state index contributed by atoms with van der Waals surface area (Å²) >= 11 is 0. The number of benzene rings is 1. The Morgan fingerprint density at radius 3 is 1.67 bits per heavy atom. The molecule has 0 N–H and O–H groups in total. The van der Waals surface area contributed by atoms with Crippen molar-refractivity contribution < 1.29 is 31.1 Å². The largest absolute Gasteiger partial charge is 0.573 e. The third-order valence-corrected chi connectivity index (χ3v) is 0.977. The van der Waals surface area contributed by atoms with Gasteiger partial charge in [0.2, 0.25) is 0 Å². The number of hydrogen-bond donors (Lipinski definition) is 0. The van der Waals surface area contributed by atoms with Crippen LogP contribution in [0.25, 0.3) is 0 Å². The molecule has 7 heteroatoms. The Balaban J connectivity index is 0.000000423. The minimum atomic E-state index is -4.60. The van der Waals surface area contributed by atoms with Crippen LogP contribution in [-0.2, 0) is 0 Å². The van der Waals surface area contributed by atoms with Gasteiger partial charge in [-0.3, -0.25) is 0 Å². The van der Waals surface area contributed by atoms with Crippen LogP contribution in [-0.4, -0.2) is 13.0 Å². The first kappa shape index (κ1) is 13.6. The molecule has 0 spiro atoms. The van der Waals surface area contributed by atoms with E-state index in [1.807, 2.05) is 0 Å². The summed E-state index contributed by atoms with van der Waals surface area (Å²) in [7, 11) is 0. The fraction of sp³-hybridized carbons (Fsp3) is 0.250. The van der Waals surface area contributed by atoms with Crippen molar-refractivity contribution in [3.63, 3.8) is 0 Å². The van der Waals surface area contributed by atoms with Gasteiger partial charge in [-0.05, 0) is 12.1 Å². The normalized spacial score (nSPS) is 10.6. The van der Waals surface area contributed by atoms with E-state index in [9.17, 15) is 26.3 Å². The maximum absolute atomic E-state index is 11.5. The second kappa shape index (κ2) is 6.15. The van der Waals surface area contributed by atoms with Crippen molar-refractivity contribution in [3.05, 3.63) is 30.3 Å². The molecular formula is C8H6F6O. The minimum Gasteiger partial charge on any atom is -0.406 e. The van der Waals surface area contributed by atoms with Gasteiger partial charge < -0.3 is 4.74 Å². The zero-order valence-electron chi connectivity index (χ0n) is 7.14. The Hall–Kier alpha value is -1.40. The average molecular weight is 232 g/mol. The summed E-state index contributed by atoms with van der Waals surface area (Å²) in [6, 6.07) is 7.05. The lowest BCUT2D eigenvalue weighted by Crippen LogP contribution is -2.16. The van der Waals surface area contributed by atoms with E-state index in [4.69, 9.17) is 0 Å². The topological polar surface area (TPSA) is 9.23 Å². The van der Waals surface area contributed by atoms with Gasteiger partial charge in [-0.2, -0.15) is 13.2 Å². The summed E-state index contributed by atoms with van der Waals surface area (Å²) in [5.74, 6) is -0.194. The second-order valence-electron chi connectivity index (χ2n) is 2.11. The number of hydrogen-bond acceptors (Lipinski definition) is 1. The van der Waals surface area contributed by atoms with Gasteiger partial charge in [0.05, 0.1) is 0 Å². The highest BCUT2D eigenvalue weighted by Gasteiger charge is 2.30. The Labute approximate surface area is 81.3 Å². The van der Waals surface area contributed by atoms with E-state index in [0.717, 1.165) is 0 Å². The third kappa shape index (κ3) is 10.5. The Morgan fingerprint density at radius 1 is 0.933 bits per heavy atom. The molecule has 1 nitrogen and oxygen atoms in total. The third-order valence-electron chi connectivity index (χ3n) is 0.977. The van der Waals surface area contributed by atoms with Crippen molar-refractivity contribution in [1.82, 2.24) is 0 Å². The van der Waals surface area contributed by atoms with E-state index in [2.05, 4.69) is 4.74 Å². The lowest BCUT2D eigenvalue weighted by atomic mass is 10.3. The Bertz CT molecular complexity index is 255. The molecule has 0 bridgehead atoms. The van der Waals surface area contributed by atoms with Gasteiger partial charge in [0.25, 0.3) is 0 Å². The fourth-order valence-corrected chi connectivity index (χ4v) is 0.622. The van der Waals surface area contributed by atoms with Gasteiger partial charge in [0, 0.05) is 0 Å². The maximum Gasteiger partial charge on any atom is 0.573 e. The van der Waals surface area contributed by atoms with E-state index in [1.165, 1.54) is 24.3 Å². The molecule has 0 aromatic heterocycles. The van der Waals surface area contributed by atoms with Gasteiger partial charge in [-0.1, -0.05) is 18.2 Å².